The Hall–Kier alpha value is -2.98. The van der Waals surface area contributed by atoms with E-state index in [1.165, 1.54) is 0 Å². The molecule has 25 heavy (non-hydrogen) atoms. The number of hydrogen-bond donors (Lipinski definition) is 2. The van der Waals surface area contributed by atoms with Crippen molar-refractivity contribution in [3.63, 3.8) is 0 Å². The van der Waals surface area contributed by atoms with Crippen molar-refractivity contribution in [1.82, 2.24) is 15.3 Å². The number of ether oxygens (including phenoxy) is 1. The molecule has 7 nitrogen and oxygen atoms in total. The van der Waals surface area contributed by atoms with Crippen LogP contribution in [0.2, 0.25) is 0 Å². The summed E-state index contributed by atoms with van der Waals surface area (Å²) in [6.45, 7) is 2.94. The second kappa shape index (κ2) is 7.73. The first-order valence-corrected chi connectivity index (χ1v) is 8.17. The van der Waals surface area contributed by atoms with Gasteiger partial charge in [-0.3, -0.25) is 4.79 Å². The molecule has 1 aliphatic heterocycles. The largest absolute Gasteiger partial charge is 0.376 e. The molecular weight excluding hydrogens is 318 g/mol. The van der Waals surface area contributed by atoms with Crippen LogP contribution in [0, 0.1) is 18.3 Å². The molecule has 1 aromatic heterocycles. The summed E-state index contributed by atoms with van der Waals surface area (Å²) in [6.07, 6.45) is 2.06. The van der Waals surface area contributed by atoms with E-state index >= 15 is 0 Å². The molecule has 1 fully saturated rings. The highest BCUT2D eigenvalue weighted by Gasteiger charge is 2.18. The van der Waals surface area contributed by atoms with E-state index in [2.05, 4.69) is 26.7 Å². The minimum atomic E-state index is -0.266. The van der Waals surface area contributed by atoms with E-state index in [0.29, 0.717) is 29.4 Å². The lowest BCUT2D eigenvalue weighted by atomic mass is 10.2. The summed E-state index contributed by atoms with van der Waals surface area (Å²) in [5.74, 6) is 0.678. The van der Waals surface area contributed by atoms with Crippen molar-refractivity contribution in [1.29, 1.82) is 5.26 Å². The fraction of sp³-hybridized carbons (Fsp3) is 0.333. The zero-order chi connectivity index (χ0) is 17.6. The Balaban J connectivity index is 1.73. The predicted molar refractivity (Wildman–Crippen MR) is 92.5 cm³/mol. The van der Waals surface area contributed by atoms with Gasteiger partial charge in [0.2, 0.25) is 0 Å². The van der Waals surface area contributed by atoms with Crippen LogP contribution in [0.3, 0.4) is 0 Å². The van der Waals surface area contributed by atoms with Gasteiger partial charge >= 0.3 is 0 Å². The molecule has 2 heterocycles. The van der Waals surface area contributed by atoms with Crippen LogP contribution in [0.1, 0.15) is 34.7 Å². The maximum Gasteiger partial charge on any atom is 0.270 e. The van der Waals surface area contributed by atoms with E-state index in [0.717, 1.165) is 19.4 Å². The fourth-order valence-electron chi connectivity index (χ4n) is 2.68. The molecule has 1 saturated heterocycles. The molecule has 2 N–H and O–H groups in total. The highest BCUT2D eigenvalue weighted by atomic mass is 16.5. The van der Waals surface area contributed by atoms with Crippen molar-refractivity contribution in [2.45, 2.75) is 25.9 Å². The SMILES string of the molecule is Cc1nc(Nc2ccccc2C#N)cc(C(=O)NCC2CCCO2)n1. The van der Waals surface area contributed by atoms with Crippen molar-refractivity contribution < 1.29 is 9.53 Å². The molecule has 128 valence electrons. The highest BCUT2D eigenvalue weighted by Crippen LogP contribution is 2.19. The molecule has 1 atom stereocenters. The van der Waals surface area contributed by atoms with Crippen LogP contribution < -0.4 is 10.6 Å². The fourth-order valence-corrected chi connectivity index (χ4v) is 2.68. The third kappa shape index (κ3) is 4.31. The van der Waals surface area contributed by atoms with Gasteiger partial charge in [0.25, 0.3) is 5.91 Å². The summed E-state index contributed by atoms with van der Waals surface area (Å²) in [6, 6.07) is 10.8. The second-order valence-electron chi connectivity index (χ2n) is 5.81. The number of hydrogen-bond acceptors (Lipinski definition) is 6. The predicted octanol–water partition coefficient (Wildman–Crippen LogP) is 2.31. The number of para-hydroxylation sites is 1. The molecule has 1 aromatic carbocycles. The van der Waals surface area contributed by atoms with Crippen LogP contribution in [0.15, 0.2) is 30.3 Å². The minimum absolute atomic E-state index is 0.0759. The number of anilines is 2. The van der Waals surface area contributed by atoms with E-state index in [-0.39, 0.29) is 17.7 Å². The summed E-state index contributed by atoms with van der Waals surface area (Å²) in [4.78, 5) is 20.8. The van der Waals surface area contributed by atoms with E-state index < -0.39 is 0 Å². The summed E-state index contributed by atoms with van der Waals surface area (Å²) in [5, 5.41) is 15.1. The highest BCUT2D eigenvalue weighted by molar-refractivity contribution is 5.93. The van der Waals surface area contributed by atoms with Crippen LogP contribution >= 0.6 is 0 Å². The van der Waals surface area contributed by atoms with E-state index in [1.54, 1.807) is 31.2 Å². The maximum atomic E-state index is 12.3. The number of nitrogens with zero attached hydrogens (tertiary/aromatic N) is 3. The number of amides is 1. The molecular formula is C18H19N5O2. The first kappa shape index (κ1) is 16.9. The van der Waals surface area contributed by atoms with Crippen LogP contribution in [-0.2, 0) is 4.74 Å². The van der Waals surface area contributed by atoms with Gasteiger partial charge in [0.05, 0.1) is 17.4 Å². The van der Waals surface area contributed by atoms with E-state index in [4.69, 9.17) is 10.00 Å². The summed E-state index contributed by atoms with van der Waals surface area (Å²) < 4.78 is 5.50. The van der Waals surface area contributed by atoms with Gasteiger partial charge in [0.1, 0.15) is 23.4 Å². The Kier molecular flexibility index (Phi) is 5.21. The molecule has 1 unspecified atom stereocenters. The molecule has 1 amide bonds. The molecule has 3 rings (SSSR count). The average molecular weight is 337 g/mol. The quantitative estimate of drug-likeness (QED) is 0.868. The lowest BCUT2D eigenvalue weighted by molar-refractivity contribution is 0.0853. The first-order valence-electron chi connectivity index (χ1n) is 8.17. The third-order valence-corrected chi connectivity index (χ3v) is 3.90. The first-order chi connectivity index (χ1) is 12.2. The van der Waals surface area contributed by atoms with Crippen molar-refractivity contribution in [3.8, 4) is 6.07 Å². The van der Waals surface area contributed by atoms with Gasteiger partial charge in [-0.1, -0.05) is 12.1 Å². The smallest absolute Gasteiger partial charge is 0.270 e. The molecule has 0 spiro atoms. The van der Waals surface area contributed by atoms with Crippen molar-refractivity contribution in [2.24, 2.45) is 0 Å². The van der Waals surface area contributed by atoms with Gasteiger partial charge in [-0.2, -0.15) is 5.26 Å². The third-order valence-electron chi connectivity index (χ3n) is 3.90. The van der Waals surface area contributed by atoms with Crippen molar-refractivity contribution >= 4 is 17.4 Å². The van der Waals surface area contributed by atoms with Gasteiger partial charge in [-0.25, -0.2) is 9.97 Å². The summed E-state index contributed by atoms with van der Waals surface area (Å²) in [7, 11) is 0. The second-order valence-corrected chi connectivity index (χ2v) is 5.81. The van der Waals surface area contributed by atoms with Gasteiger partial charge in [0, 0.05) is 19.2 Å². The lowest BCUT2D eigenvalue weighted by Gasteiger charge is -2.12. The number of aromatic nitrogens is 2. The molecule has 0 bridgehead atoms. The molecule has 2 aromatic rings. The minimum Gasteiger partial charge on any atom is -0.376 e. The molecule has 7 heteroatoms. The van der Waals surface area contributed by atoms with Crippen molar-refractivity contribution in [3.05, 3.63) is 47.4 Å². The van der Waals surface area contributed by atoms with Crippen molar-refractivity contribution in [2.75, 3.05) is 18.5 Å². The number of carbonyl (C=O) groups excluding carboxylic acids is 1. The number of benzene rings is 1. The Morgan fingerprint density at radius 1 is 1.40 bits per heavy atom. The Morgan fingerprint density at radius 3 is 3.00 bits per heavy atom. The lowest BCUT2D eigenvalue weighted by Crippen LogP contribution is -2.32. The van der Waals surface area contributed by atoms with Gasteiger partial charge in [-0.05, 0) is 31.9 Å². The standard InChI is InChI=1S/C18H19N5O2/c1-12-21-16(18(24)20-11-14-6-4-8-25-14)9-17(22-12)23-15-7-3-2-5-13(15)10-19/h2-3,5,7,9,14H,4,6,8,11H2,1H3,(H,20,24)(H,21,22,23). The number of nitriles is 1. The zero-order valence-corrected chi connectivity index (χ0v) is 14.0. The Labute approximate surface area is 146 Å². The molecule has 1 aliphatic rings. The van der Waals surface area contributed by atoms with Crippen LogP contribution in [0.25, 0.3) is 0 Å². The monoisotopic (exact) mass is 337 g/mol. The summed E-state index contributed by atoms with van der Waals surface area (Å²) in [5.41, 5.74) is 1.42. The van der Waals surface area contributed by atoms with Gasteiger partial charge in [-0.15, -0.1) is 0 Å². The number of aryl methyl sites for hydroxylation is 1. The molecule has 0 radical (unpaired) electrons. The Bertz CT molecular complexity index is 809. The van der Waals surface area contributed by atoms with Gasteiger partial charge < -0.3 is 15.4 Å². The normalized spacial score (nSPS) is 16.2. The zero-order valence-electron chi connectivity index (χ0n) is 14.0. The van der Waals surface area contributed by atoms with Gasteiger partial charge in [0.15, 0.2) is 0 Å². The van der Waals surface area contributed by atoms with Crippen LogP contribution in [-0.4, -0.2) is 35.1 Å². The molecule has 0 aliphatic carbocycles. The molecule has 0 saturated carbocycles. The number of rotatable bonds is 5. The van der Waals surface area contributed by atoms with Crippen LogP contribution in [0.4, 0.5) is 11.5 Å². The van der Waals surface area contributed by atoms with E-state index in [9.17, 15) is 4.79 Å². The number of carbonyl (C=O) groups is 1. The Morgan fingerprint density at radius 2 is 2.24 bits per heavy atom. The average Bonchev–Trinajstić information content (AvgIpc) is 3.13. The topological polar surface area (TPSA) is 99.9 Å². The van der Waals surface area contributed by atoms with Crippen LogP contribution in [0.5, 0.6) is 0 Å². The van der Waals surface area contributed by atoms with E-state index in [1.807, 2.05) is 6.07 Å². The maximum absolute atomic E-state index is 12.3. The summed E-state index contributed by atoms with van der Waals surface area (Å²) >= 11 is 0. The number of nitrogens with one attached hydrogen (secondary N) is 2.